The normalized spacial score (nSPS) is 11.2. The second kappa shape index (κ2) is 7.11. The number of aromatic nitrogens is 1. The molecule has 1 aromatic carbocycles. The number of nitrogens with zero attached hydrogens (tertiary/aromatic N) is 2. The van der Waals surface area contributed by atoms with Gasteiger partial charge < -0.3 is 10.2 Å². The smallest absolute Gasteiger partial charge is 0.252 e. The van der Waals surface area contributed by atoms with E-state index in [0.717, 1.165) is 34.3 Å². The standard InChI is InChI=1S/C19H21N3OS/c1-13-4-5-17-15(10-13)16(19(23)20-7-8-22(2)3)11-18(21-17)14-6-9-24-12-14/h4-6,9-12H,7-8H2,1-3H3,(H,20,23). The first-order chi connectivity index (χ1) is 11.5. The summed E-state index contributed by atoms with van der Waals surface area (Å²) in [7, 11) is 3.98. The number of rotatable bonds is 5. The highest BCUT2D eigenvalue weighted by molar-refractivity contribution is 7.08. The van der Waals surface area contributed by atoms with Crippen LogP contribution in [-0.2, 0) is 0 Å². The molecule has 0 spiro atoms. The number of carbonyl (C=O) groups is 1. The van der Waals surface area contributed by atoms with Crippen LogP contribution in [-0.4, -0.2) is 43.0 Å². The van der Waals surface area contributed by atoms with Crippen molar-refractivity contribution in [1.29, 1.82) is 0 Å². The topological polar surface area (TPSA) is 45.2 Å². The zero-order valence-corrected chi connectivity index (χ0v) is 15.0. The molecule has 124 valence electrons. The molecule has 24 heavy (non-hydrogen) atoms. The maximum Gasteiger partial charge on any atom is 0.252 e. The molecule has 3 rings (SSSR count). The lowest BCUT2D eigenvalue weighted by atomic mass is 10.0. The molecule has 0 saturated heterocycles. The second-order valence-electron chi connectivity index (χ2n) is 6.15. The van der Waals surface area contributed by atoms with Gasteiger partial charge in [-0.25, -0.2) is 4.98 Å². The van der Waals surface area contributed by atoms with Gasteiger partial charge in [-0.2, -0.15) is 11.3 Å². The van der Waals surface area contributed by atoms with Gasteiger partial charge in [0, 0.05) is 29.4 Å². The van der Waals surface area contributed by atoms with Gasteiger partial charge in [0.05, 0.1) is 16.8 Å². The lowest BCUT2D eigenvalue weighted by Crippen LogP contribution is -2.31. The van der Waals surface area contributed by atoms with E-state index in [1.165, 1.54) is 0 Å². The summed E-state index contributed by atoms with van der Waals surface area (Å²) in [6.45, 7) is 3.46. The largest absolute Gasteiger partial charge is 0.351 e. The van der Waals surface area contributed by atoms with Crippen LogP contribution in [0.3, 0.4) is 0 Å². The zero-order valence-electron chi connectivity index (χ0n) is 14.2. The van der Waals surface area contributed by atoms with Crippen LogP contribution >= 0.6 is 11.3 Å². The number of aryl methyl sites for hydroxylation is 1. The fourth-order valence-electron chi connectivity index (χ4n) is 2.57. The first-order valence-electron chi connectivity index (χ1n) is 7.91. The van der Waals surface area contributed by atoms with Gasteiger partial charge in [0.15, 0.2) is 0 Å². The highest BCUT2D eigenvalue weighted by Crippen LogP contribution is 2.27. The number of benzene rings is 1. The van der Waals surface area contributed by atoms with Crippen LogP contribution in [0.2, 0.25) is 0 Å². The lowest BCUT2D eigenvalue weighted by molar-refractivity contribution is 0.0952. The number of pyridine rings is 1. The van der Waals surface area contributed by atoms with Crippen molar-refractivity contribution in [3.63, 3.8) is 0 Å². The first kappa shape index (κ1) is 16.6. The number of hydrogen-bond acceptors (Lipinski definition) is 4. The molecule has 1 amide bonds. The number of likely N-dealkylation sites (N-methyl/N-ethyl adjacent to an activating group) is 1. The van der Waals surface area contributed by atoms with E-state index in [1.807, 2.05) is 61.6 Å². The molecule has 0 atom stereocenters. The summed E-state index contributed by atoms with van der Waals surface area (Å²) >= 11 is 1.63. The third kappa shape index (κ3) is 3.63. The number of hydrogen-bond donors (Lipinski definition) is 1. The lowest BCUT2D eigenvalue weighted by Gasteiger charge is -2.13. The predicted octanol–water partition coefficient (Wildman–Crippen LogP) is 3.56. The molecule has 2 heterocycles. The molecule has 1 N–H and O–H groups in total. The maximum absolute atomic E-state index is 12.7. The van der Waals surface area contributed by atoms with E-state index in [9.17, 15) is 4.79 Å². The molecule has 0 aliphatic carbocycles. The summed E-state index contributed by atoms with van der Waals surface area (Å²) < 4.78 is 0. The third-order valence-electron chi connectivity index (χ3n) is 3.87. The maximum atomic E-state index is 12.7. The van der Waals surface area contributed by atoms with Crippen molar-refractivity contribution < 1.29 is 4.79 Å². The number of thiophene rings is 1. The van der Waals surface area contributed by atoms with Crippen molar-refractivity contribution in [2.45, 2.75) is 6.92 Å². The van der Waals surface area contributed by atoms with Gasteiger partial charge in [0.25, 0.3) is 5.91 Å². The Kier molecular flexibility index (Phi) is 4.92. The molecule has 0 bridgehead atoms. The molecule has 3 aromatic rings. The monoisotopic (exact) mass is 339 g/mol. The average molecular weight is 339 g/mol. The summed E-state index contributed by atoms with van der Waals surface area (Å²) in [5.41, 5.74) is 4.54. The Labute approximate surface area is 146 Å². The Bertz CT molecular complexity index is 856. The van der Waals surface area contributed by atoms with Crippen molar-refractivity contribution >= 4 is 28.1 Å². The third-order valence-corrected chi connectivity index (χ3v) is 4.55. The fourth-order valence-corrected chi connectivity index (χ4v) is 3.22. The van der Waals surface area contributed by atoms with E-state index in [4.69, 9.17) is 4.98 Å². The van der Waals surface area contributed by atoms with E-state index in [0.29, 0.717) is 12.1 Å². The van der Waals surface area contributed by atoms with Gasteiger partial charge in [-0.15, -0.1) is 0 Å². The average Bonchev–Trinajstić information content (AvgIpc) is 3.08. The Balaban J connectivity index is 2.03. The van der Waals surface area contributed by atoms with Crippen LogP contribution in [0.4, 0.5) is 0 Å². The fraction of sp³-hybridized carbons (Fsp3) is 0.263. The van der Waals surface area contributed by atoms with Crippen molar-refractivity contribution in [2.24, 2.45) is 0 Å². The molecule has 0 radical (unpaired) electrons. The summed E-state index contributed by atoms with van der Waals surface area (Å²) in [4.78, 5) is 19.5. The highest BCUT2D eigenvalue weighted by Gasteiger charge is 2.14. The van der Waals surface area contributed by atoms with Crippen LogP contribution in [0.15, 0.2) is 41.1 Å². The van der Waals surface area contributed by atoms with E-state index >= 15 is 0 Å². The molecule has 0 aliphatic rings. The molecule has 5 heteroatoms. The number of fused-ring (bicyclic) bond motifs is 1. The summed E-state index contributed by atoms with van der Waals surface area (Å²) in [5.74, 6) is -0.0497. The van der Waals surface area contributed by atoms with Gasteiger partial charge in [-0.05, 0) is 50.7 Å². The first-order valence-corrected chi connectivity index (χ1v) is 8.86. The van der Waals surface area contributed by atoms with Crippen LogP contribution in [0.25, 0.3) is 22.2 Å². The quantitative estimate of drug-likeness (QED) is 0.773. The van der Waals surface area contributed by atoms with Gasteiger partial charge >= 0.3 is 0 Å². The molecule has 0 unspecified atom stereocenters. The van der Waals surface area contributed by atoms with Gasteiger partial charge in [-0.1, -0.05) is 11.6 Å². The molecule has 2 aromatic heterocycles. The Morgan fingerprint density at radius 3 is 2.79 bits per heavy atom. The molecule has 0 aliphatic heterocycles. The number of carbonyl (C=O) groups excluding carboxylic acids is 1. The van der Waals surface area contributed by atoms with Crippen LogP contribution in [0.1, 0.15) is 15.9 Å². The predicted molar refractivity (Wildman–Crippen MR) is 101 cm³/mol. The van der Waals surface area contributed by atoms with Crippen LogP contribution < -0.4 is 5.32 Å². The molecular formula is C19H21N3OS. The zero-order chi connectivity index (χ0) is 17.1. The van der Waals surface area contributed by atoms with Gasteiger partial charge in [-0.3, -0.25) is 4.79 Å². The van der Waals surface area contributed by atoms with E-state index in [-0.39, 0.29) is 5.91 Å². The minimum absolute atomic E-state index is 0.0497. The Morgan fingerprint density at radius 2 is 2.08 bits per heavy atom. The Morgan fingerprint density at radius 1 is 1.25 bits per heavy atom. The minimum Gasteiger partial charge on any atom is -0.351 e. The van der Waals surface area contributed by atoms with E-state index in [2.05, 4.69) is 10.7 Å². The summed E-state index contributed by atoms with van der Waals surface area (Å²) in [6.07, 6.45) is 0. The van der Waals surface area contributed by atoms with Crippen molar-refractivity contribution in [3.8, 4) is 11.3 Å². The van der Waals surface area contributed by atoms with Crippen molar-refractivity contribution in [2.75, 3.05) is 27.2 Å². The van der Waals surface area contributed by atoms with Crippen molar-refractivity contribution in [3.05, 3.63) is 52.2 Å². The SMILES string of the molecule is Cc1ccc2nc(-c3ccsc3)cc(C(=O)NCCN(C)C)c2c1. The molecule has 0 saturated carbocycles. The van der Waals surface area contributed by atoms with Crippen LogP contribution in [0, 0.1) is 6.92 Å². The second-order valence-corrected chi connectivity index (χ2v) is 6.93. The highest BCUT2D eigenvalue weighted by atomic mass is 32.1. The van der Waals surface area contributed by atoms with E-state index < -0.39 is 0 Å². The molecule has 0 fully saturated rings. The van der Waals surface area contributed by atoms with Gasteiger partial charge in [0.2, 0.25) is 0 Å². The summed E-state index contributed by atoms with van der Waals surface area (Å²) in [6, 6.07) is 9.97. The van der Waals surface area contributed by atoms with Crippen LogP contribution in [0.5, 0.6) is 0 Å². The van der Waals surface area contributed by atoms with Crippen molar-refractivity contribution in [1.82, 2.24) is 15.2 Å². The van der Waals surface area contributed by atoms with Gasteiger partial charge in [0.1, 0.15) is 0 Å². The summed E-state index contributed by atoms with van der Waals surface area (Å²) in [5, 5.41) is 7.98. The number of nitrogens with one attached hydrogen (secondary N) is 1. The molecular weight excluding hydrogens is 318 g/mol. The minimum atomic E-state index is -0.0497. The Hall–Kier alpha value is -2.24. The molecule has 4 nitrogen and oxygen atoms in total. The van der Waals surface area contributed by atoms with E-state index in [1.54, 1.807) is 11.3 Å². The number of amides is 1.